The van der Waals surface area contributed by atoms with E-state index in [9.17, 15) is 4.39 Å². The SMILES string of the molecule is CC(C)(C)c1ccnc(-c2[c-]ccc3c2oc2nc(F)ccc23)c1.C[Si](C)(C)c1ccc(-c2[c-]cccc2)nc1.[Ir]. The molecule has 211 valence electrons. The van der Waals surface area contributed by atoms with E-state index in [1.165, 1.54) is 16.8 Å². The van der Waals surface area contributed by atoms with E-state index < -0.39 is 14.0 Å². The zero-order chi connectivity index (χ0) is 28.5. The van der Waals surface area contributed by atoms with E-state index in [4.69, 9.17) is 4.42 Å². The summed E-state index contributed by atoms with van der Waals surface area (Å²) >= 11 is 0. The van der Waals surface area contributed by atoms with E-state index >= 15 is 0 Å². The average molecular weight is 738 g/mol. The molecule has 0 aliphatic carbocycles. The molecule has 0 bridgehead atoms. The van der Waals surface area contributed by atoms with Crippen molar-refractivity contribution in [1.29, 1.82) is 0 Å². The van der Waals surface area contributed by atoms with E-state index in [2.05, 4.69) is 79.6 Å². The van der Waals surface area contributed by atoms with E-state index in [0.29, 0.717) is 5.58 Å². The number of halogens is 1. The molecule has 41 heavy (non-hydrogen) atoms. The Morgan fingerprint density at radius 3 is 2.29 bits per heavy atom. The molecular formula is C34H32FIrN3OSi-2. The summed E-state index contributed by atoms with van der Waals surface area (Å²) in [7, 11) is -1.23. The summed E-state index contributed by atoms with van der Waals surface area (Å²) in [6, 6.07) is 29.5. The van der Waals surface area contributed by atoms with Gasteiger partial charge >= 0.3 is 0 Å². The smallest absolute Gasteiger partial charge is 0.218 e. The molecule has 2 aromatic carbocycles. The number of aromatic nitrogens is 3. The van der Waals surface area contributed by atoms with E-state index in [-0.39, 0.29) is 31.2 Å². The van der Waals surface area contributed by atoms with E-state index in [1.807, 2.05) is 54.7 Å². The fraction of sp³-hybridized carbons (Fsp3) is 0.206. The Balaban J connectivity index is 0.000000200. The number of fused-ring (bicyclic) bond motifs is 3. The number of pyridine rings is 3. The number of nitrogens with zero attached hydrogens (tertiary/aromatic N) is 3. The Kier molecular flexibility index (Phi) is 9.02. The van der Waals surface area contributed by atoms with Crippen LogP contribution in [0.15, 0.2) is 89.6 Å². The molecule has 0 atom stereocenters. The van der Waals surface area contributed by atoms with Crippen LogP contribution in [-0.4, -0.2) is 23.0 Å². The maximum atomic E-state index is 13.4. The van der Waals surface area contributed by atoms with Gasteiger partial charge in [-0.2, -0.15) is 9.37 Å². The molecule has 1 radical (unpaired) electrons. The number of hydrogen-bond donors (Lipinski definition) is 0. The zero-order valence-corrected chi connectivity index (χ0v) is 27.4. The average Bonchev–Trinajstić information content (AvgIpc) is 3.31. The Bertz CT molecular complexity index is 1770. The van der Waals surface area contributed by atoms with Crippen molar-refractivity contribution in [3.63, 3.8) is 0 Å². The fourth-order valence-corrected chi connectivity index (χ4v) is 5.41. The molecule has 4 nitrogen and oxygen atoms in total. The summed E-state index contributed by atoms with van der Waals surface area (Å²) < 4.78 is 19.2. The van der Waals surface area contributed by atoms with Crippen molar-refractivity contribution in [2.24, 2.45) is 0 Å². The van der Waals surface area contributed by atoms with Crippen LogP contribution in [0.2, 0.25) is 19.6 Å². The second-order valence-corrected chi connectivity index (χ2v) is 16.9. The summed E-state index contributed by atoms with van der Waals surface area (Å²) in [4.78, 5) is 12.8. The summed E-state index contributed by atoms with van der Waals surface area (Å²) in [5.41, 5.74) is 5.72. The van der Waals surface area contributed by atoms with Gasteiger partial charge < -0.3 is 14.4 Å². The summed E-state index contributed by atoms with van der Waals surface area (Å²) in [5, 5.41) is 3.06. The summed E-state index contributed by atoms with van der Waals surface area (Å²) in [5.74, 6) is -0.556. The van der Waals surface area contributed by atoms with Gasteiger partial charge in [-0.1, -0.05) is 69.6 Å². The van der Waals surface area contributed by atoms with Gasteiger partial charge in [0.25, 0.3) is 0 Å². The van der Waals surface area contributed by atoms with Crippen LogP contribution in [0.5, 0.6) is 0 Å². The Labute approximate surface area is 255 Å². The van der Waals surface area contributed by atoms with Crippen molar-refractivity contribution in [3.05, 3.63) is 109 Å². The predicted octanol–water partition coefficient (Wildman–Crippen LogP) is 8.37. The minimum Gasteiger partial charge on any atom is -0.486 e. The van der Waals surface area contributed by atoms with Crippen molar-refractivity contribution in [1.82, 2.24) is 15.0 Å². The third-order valence-electron chi connectivity index (χ3n) is 6.76. The first kappa shape index (κ1) is 30.4. The molecule has 0 saturated heterocycles. The number of hydrogen-bond acceptors (Lipinski definition) is 4. The first-order chi connectivity index (χ1) is 19.0. The third-order valence-corrected chi connectivity index (χ3v) is 8.79. The number of furan rings is 1. The molecule has 6 rings (SSSR count). The Morgan fingerprint density at radius 2 is 1.63 bits per heavy atom. The van der Waals surface area contributed by atoms with Gasteiger partial charge in [0.15, 0.2) is 0 Å². The molecule has 0 aliphatic rings. The minimum absolute atomic E-state index is 0. The normalized spacial score (nSPS) is 11.6. The van der Waals surface area contributed by atoms with Gasteiger partial charge in [-0.3, -0.25) is 0 Å². The molecule has 0 saturated carbocycles. The molecule has 6 aromatic rings. The van der Waals surface area contributed by atoms with Gasteiger partial charge in [-0.05, 0) is 45.8 Å². The van der Waals surface area contributed by atoms with Gasteiger partial charge in [0.1, 0.15) is 0 Å². The molecule has 0 unspecified atom stereocenters. The van der Waals surface area contributed by atoms with Crippen molar-refractivity contribution in [2.75, 3.05) is 0 Å². The standard InChI is InChI=1S/C20H16FN2O.C14H16NSi.Ir/c1-20(2,3)12-9-10-22-16(11-12)15-6-4-5-13-14-7-8-17(21)23-19(14)24-18(13)15;1-16(2,3)13-9-10-14(15-11-13)12-7-5-4-6-8-12;/h4-5,7-11H,1-3H3;4-7,9-11H,1-3H3;/q2*-1;. The Hall–Kier alpha value is -3.51. The van der Waals surface area contributed by atoms with Gasteiger partial charge in [-0.15, -0.1) is 54.1 Å². The van der Waals surface area contributed by atoms with Gasteiger partial charge in [0.2, 0.25) is 11.7 Å². The molecule has 0 N–H and O–H groups in total. The molecule has 0 aliphatic heterocycles. The first-order valence-corrected chi connectivity index (χ1v) is 16.8. The largest absolute Gasteiger partial charge is 0.486 e. The van der Waals surface area contributed by atoms with Gasteiger partial charge in [0, 0.05) is 37.9 Å². The Morgan fingerprint density at radius 1 is 0.829 bits per heavy atom. The fourth-order valence-electron chi connectivity index (χ4n) is 4.37. The topological polar surface area (TPSA) is 51.8 Å². The van der Waals surface area contributed by atoms with Crippen LogP contribution in [0.25, 0.3) is 44.6 Å². The van der Waals surface area contributed by atoms with Gasteiger partial charge in [0.05, 0.1) is 13.7 Å². The third kappa shape index (κ3) is 6.87. The molecule has 4 aromatic heterocycles. The van der Waals surface area contributed by atoms with Crippen LogP contribution < -0.4 is 5.19 Å². The van der Waals surface area contributed by atoms with Crippen LogP contribution in [0.4, 0.5) is 4.39 Å². The second-order valence-electron chi connectivity index (χ2n) is 11.8. The molecule has 0 amide bonds. The van der Waals surface area contributed by atoms with Crippen molar-refractivity contribution in [3.8, 4) is 22.5 Å². The van der Waals surface area contributed by atoms with E-state index in [1.54, 1.807) is 12.3 Å². The monoisotopic (exact) mass is 738 g/mol. The maximum absolute atomic E-state index is 13.4. The van der Waals surface area contributed by atoms with Crippen LogP contribution >= 0.6 is 0 Å². The van der Waals surface area contributed by atoms with Crippen LogP contribution in [-0.2, 0) is 25.5 Å². The van der Waals surface area contributed by atoms with Crippen LogP contribution in [0, 0.1) is 18.1 Å². The number of rotatable bonds is 3. The quantitative estimate of drug-likeness (QED) is 0.104. The maximum Gasteiger partial charge on any atom is 0.218 e. The van der Waals surface area contributed by atoms with Crippen molar-refractivity contribution in [2.45, 2.75) is 45.8 Å². The molecule has 0 spiro atoms. The van der Waals surface area contributed by atoms with Crippen LogP contribution in [0.1, 0.15) is 26.3 Å². The van der Waals surface area contributed by atoms with Crippen molar-refractivity contribution < 1.29 is 28.9 Å². The molecule has 4 heterocycles. The second kappa shape index (κ2) is 12.2. The van der Waals surface area contributed by atoms with Gasteiger partial charge in [-0.25, -0.2) is 0 Å². The van der Waals surface area contributed by atoms with Crippen LogP contribution in [0.3, 0.4) is 0 Å². The molecule has 7 heteroatoms. The number of benzene rings is 2. The predicted molar refractivity (Wildman–Crippen MR) is 164 cm³/mol. The first-order valence-electron chi connectivity index (χ1n) is 13.3. The van der Waals surface area contributed by atoms with E-state index in [0.717, 1.165) is 33.3 Å². The minimum atomic E-state index is -1.23. The zero-order valence-electron chi connectivity index (χ0n) is 24.0. The molecule has 0 fully saturated rings. The van der Waals surface area contributed by atoms with Crippen molar-refractivity contribution >= 4 is 35.3 Å². The molecular weight excluding hydrogens is 706 g/mol. The summed E-state index contributed by atoms with van der Waals surface area (Å²) in [6.45, 7) is 13.5. The summed E-state index contributed by atoms with van der Waals surface area (Å²) in [6.07, 6.45) is 3.81.